The molecule has 0 spiro atoms. The first-order valence-corrected chi connectivity index (χ1v) is 7.83. The standard InChI is InChI=1S/C16H17BrN2O4/c1-11-2-4-12(5-3-11)22-9-8-18-15(20)10-19-16(21)13-6-7-14(17)23-13/h2-7H,8-10H2,1H3,(H,18,20)(H,19,21). The Balaban J connectivity index is 1.61. The summed E-state index contributed by atoms with van der Waals surface area (Å²) in [6.07, 6.45) is 0. The fraction of sp³-hybridized carbons (Fsp3) is 0.250. The van der Waals surface area contributed by atoms with E-state index in [1.165, 1.54) is 6.07 Å². The van der Waals surface area contributed by atoms with Gasteiger partial charge in [0.1, 0.15) is 12.4 Å². The molecule has 2 amide bonds. The lowest BCUT2D eigenvalue weighted by molar-refractivity contribution is -0.120. The van der Waals surface area contributed by atoms with Crippen LogP contribution in [-0.4, -0.2) is 31.5 Å². The Labute approximate surface area is 142 Å². The molecule has 2 aromatic rings. The number of hydrogen-bond acceptors (Lipinski definition) is 4. The van der Waals surface area contributed by atoms with Crippen molar-refractivity contribution in [2.75, 3.05) is 19.7 Å². The van der Waals surface area contributed by atoms with Gasteiger partial charge in [-0.3, -0.25) is 9.59 Å². The number of amides is 2. The van der Waals surface area contributed by atoms with Crippen LogP contribution in [0.4, 0.5) is 0 Å². The number of furan rings is 1. The lowest BCUT2D eigenvalue weighted by atomic mass is 10.2. The maximum atomic E-state index is 11.7. The number of rotatable bonds is 7. The molecular weight excluding hydrogens is 364 g/mol. The summed E-state index contributed by atoms with van der Waals surface area (Å²) in [4.78, 5) is 23.3. The highest BCUT2D eigenvalue weighted by Crippen LogP contribution is 2.13. The fourth-order valence-electron chi connectivity index (χ4n) is 1.74. The van der Waals surface area contributed by atoms with Gasteiger partial charge in [-0.05, 0) is 47.1 Å². The number of halogens is 1. The molecule has 0 radical (unpaired) electrons. The Bertz CT molecular complexity index is 667. The zero-order valence-electron chi connectivity index (χ0n) is 12.6. The molecule has 1 heterocycles. The predicted molar refractivity (Wildman–Crippen MR) is 88.4 cm³/mol. The van der Waals surface area contributed by atoms with Gasteiger partial charge in [-0.2, -0.15) is 0 Å². The molecule has 122 valence electrons. The van der Waals surface area contributed by atoms with E-state index in [0.29, 0.717) is 17.8 Å². The molecule has 0 atom stereocenters. The van der Waals surface area contributed by atoms with Gasteiger partial charge in [0.05, 0.1) is 13.1 Å². The maximum Gasteiger partial charge on any atom is 0.287 e. The van der Waals surface area contributed by atoms with Crippen LogP contribution in [0.1, 0.15) is 16.1 Å². The molecule has 2 N–H and O–H groups in total. The van der Waals surface area contributed by atoms with Crippen LogP contribution in [-0.2, 0) is 4.79 Å². The SMILES string of the molecule is Cc1ccc(OCCNC(=O)CNC(=O)c2ccc(Br)o2)cc1. The van der Waals surface area contributed by atoms with Crippen molar-refractivity contribution in [3.05, 3.63) is 52.4 Å². The van der Waals surface area contributed by atoms with Gasteiger partial charge >= 0.3 is 0 Å². The van der Waals surface area contributed by atoms with Crippen LogP contribution in [0.25, 0.3) is 0 Å². The van der Waals surface area contributed by atoms with Gasteiger partial charge in [-0.25, -0.2) is 0 Å². The normalized spacial score (nSPS) is 10.2. The van der Waals surface area contributed by atoms with E-state index in [1.807, 2.05) is 31.2 Å². The van der Waals surface area contributed by atoms with Gasteiger partial charge in [-0.1, -0.05) is 17.7 Å². The molecule has 0 saturated heterocycles. The first-order valence-electron chi connectivity index (χ1n) is 7.04. The van der Waals surface area contributed by atoms with E-state index in [-0.39, 0.29) is 18.2 Å². The number of benzene rings is 1. The van der Waals surface area contributed by atoms with Crippen LogP contribution < -0.4 is 15.4 Å². The van der Waals surface area contributed by atoms with Gasteiger partial charge in [-0.15, -0.1) is 0 Å². The molecule has 0 aliphatic heterocycles. The molecule has 0 aliphatic rings. The van der Waals surface area contributed by atoms with Crippen molar-refractivity contribution in [2.45, 2.75) is 6.92 Å². The molecule has 7 heteroatoms. The number of hydrogen-bond donors (Lipinski definition) is 2. The molecule has 0 fully saturated rings. The summed E-state index contributed by atoms with van der Waals surface area (Å²) in [5, 5.41) is 5.13. The number of aryl methyl sites for hydroxylation is 1. The zero-order valence-corrected chi connectivity index (χ0v) is 14.2. The lowest BCUT2D eigenvalue weighted by Crippen LogP contribution is -2.38. The minimum absolute atomic E-state index is 0.123. The molecule has 0 unspecified atom stereocenters. The summed E-state index contributed by atoms with van der Waals surface area (Å²) in [6.45, 7) is 2.59. The third-order valence-electron chi connectivity index (χ3n) is 2.92. The average molecular weight is 381 g/mol. The van der Waals surface area contributed by atoms with Gasteiger partial charge in [0.25, 0.3) is 5.91 Å². The molecule has 2 rings (SSSR count). The Morgan fingerprint density at radius 3 is 2.52 bits per heavy atom. The van der Waals surface area contributed by atoms with Crippen LogP contribution in [0.15, 0.2) is 45.5 Å². The van der Waals surface area contributed by atoms with Crippen LogP contribution in [0.2, 0.25) is 0 Å². The molecule has 1 aromatic carbocycles. The van der Waals surface area contributed by atoms with E-state index < -0.39 is 5.91 Å². The van der Waals surface area contributed by atoms with E-state index in [4.69, 9.17) is 9.15 Å². The third-order valence-corrected chi connectivity index (χ3v) is 3.35. The fourth-order valence-corrected chi connectivity index (χ4v) is 2.05. The summed E-state index contributed by atoms with van der Waals surface area (Å²) >= 11 is 3.11. The third kappa shape index (κ3) is 5.78. The van der Waals surface area contributed by atoms with E-state index in [9.17, 15) is 9.59 Å². The van der Waals surface area contributed by atoms with E-state index in [1.54, 1.807) is 6.07 Å². The molecule has 0 bridgehead atoms. The molecule has 23 heavy (non-hydrogen) atoms. The van der Waals surface area contributed by atoms with Crippen molar-refractivity contribution < 1.29 is 18.7 Å². The lowest BCUT2D eigenvalue weighted by Gasteiger charge is -2.08. The molecular formula is C16H17BrN2O4. The topological polar surface area (TPSA) is 80.6 Å². The van der Waals surface area contributed by atoms with Crippen molar-refractivity contribution in [1.29, 1.82) is 0 Å². The van der Waals surface area contributed by atoms with Gasteiger partial charge in [0, 0.05) is 0 Å². The van der Waals surface area contributed by atoms with Crippen LogP contribution in [0.5, 0.6) is 5.75 Å². The number of nitrogens with one attached hydrogen (secondary N) is 2. The second kappa shape index (κ2) is 8.38. The van der Waals surface area contributed by atoms with Crippen molar-refractivity contribution in [2.24, 2.45) is 0 Å². The second-order valence-electron chi connectivity index (χ2n) is 4.80. The van der Waals surface area contributed by atoms with E-state index in [2.05, 4.69) is 26.6 Å². The highest BCUT2D eigenvalue weighted by Gasteiger charge is 2.11. The van der Waals surface area contributed by atoms with Crippen LogP contribution in [0, 0.1) is 6.92 Å². The van der Waals surface area contributed by atoms with E-state index in [0.717, 1.165) is 11.3 Å². The summed E-state index contributed by atoms with van der Waals surface area (Å²) in [7, 11) is 0. The Morgan fingerprint density at radius 2 is 1.87 bits per heavy atom. The summed E-state index contributed by atoms with van der Waals surface area (Å²) in [5.74, 6) is 0.159. The van der Waals surface area contributed by atoms with Crippen LogP contribution in [0.3, 0.4) is 0 Å². The molecule has 0 aliphatic carbocycles. The van der Waals surface area contributed by atoms with Crippen LogP contribution >= 0.6 is 15.9 Å². The van der Waals surface area contributed by atoms with E-state index >= 15 is 0 Å². The Kier molecular flexibility index (Phi) is 6.22. The van der Waals surface area contributed by atoms with Gasteiger partial charge < -0.3 is 19.8 Å². The smallest absolute Gasteiger partial charge is 0.287 e. The zero-order chi connectivity index (χ0) is 16.7. The number of ether oxygens (including phenoxy) is 1. The monoisotopic (exact) mass is 380 g/mol. The highest BCUT2D eigenvalue weighted by molar-refractivity contribution is 9.10. The highest BCUT2D eigenvalue weighted by atomic mass is 79.9. The van der Waals surface area contributed by atoms with Crippen molar-refractivity contribution in [1.82, 2.24) is 10.6 Å². The summed E-state index contributed by atoms with van der Waals surface area (Å²) in [5.41, 5.74) is 1.16. The van der Waals surface area contributed by atoms with Gasteiger partial charge in [0.15, 0.2) is 10.4 Å². The Morgan fingerprint density at radius 1 is 1.13 bits per heavy atom. The summed E-state index contributed by atoms with van der Waals surface area (Å²) in [6, 6.07) is 10.8. The largest absolute Gasteiger partial charge is 0.492 e. The molecule has 0 saturated carbocycles. The number of carbonyl (C=O) groups is 2. The number of carbonyl (C=O) groups excluding carboxylic acids is 2. The summed E-state index contributed by atoms with van der Waals surface area (Å²) < 4.78 is 11.0. The minimum atomic E-state index is -0.443. The van der Waals surface area contributed by atoms with Crippen molar-refractivity contribution >= 4 is 27.7 Å². The quantitative estimate of drug-likeness (QED) is 0.722. The minimum Gasteiger partial charge on any atom is -0.492 e. The maximum absolute atomic E-state index is 11.7. The van der Waals surface area contributed by atoms with Crippen molar-refractivity contribution in [3.63, 3.8) is 0 Å². The molecule has 6 nitrogen and oxygen atoms in total. The first kappa shape index (κ1) is 17.1. The first-order chi connectivity index (χ1) is 11.0. The van der Waals surface area contributed by atoms with Crippen molar-refractivity contribution in [3.8, 4) is 5.75 Å². The molecule has 1 aromatic heterocycles. The Hall–Kier alpha value is -2.28. The van der Waals surface area contributed by atoms with Gasteiger partial charge in [0.2, 0.25) is 5.91 Å². The predicted octanol–water partition coefficient (Wildman–Crippen LogP) is 2.28. The average Bonchev–Trinajstić information content (AvgIpc) is 2.97. The second-order valence-corrected chi connectivity index (χ2v) is 5.58.